The highest BCUT2D eigenvalue weighted by molar-refractivity contribution is 6.36. The molecule has 0 unspecified atom stereocenters. The van der Waals surface area contributed by atoms with Gasteiger partial charge >= 0.3 is 11.9 Å². The van der Waals surface area contributed by atoms with Crippen molar-refractivity contribution in [3.63, 3.8) is 0 Å². The monoisotopic (exact) mass is 580 g/mol. The van der Waals surface area contributed by atoms with E-state index in [9.17, 15) is 28.1 Å². The molecule has 3 heterocycles. The number of pyridine rings is 2. The van der Waals surface area contributed by atoms with Gasteiger partial charge in [-0.05, 0) is 36.4 Å². The summed E-state index contributed by atoms with van der Waals surface area (Å²) < 4.78 is 40.9. The van der Waals surface area contributed by atoms with Crippen LogP contribution in [0, 0.1) is 10.1 Å². The fourth-order valence-electron chi connectivity index (χ4n) is 3.50. The first kappa shape index (κ1) is 27.6. The van der Waals surface area contributed by atoms with Crippen molar-refractivity contribution < 1.29 is 18.1 Å². The number of nitrogens with one attached hydrogen (secondary N) is 2. The fraction of sp³-hybridized carbons (Fsp3) is 0.130. The number of rotatable bonds is 8. The molecule has 0 bridgehead atoms. The van der Waals surface area contributed by atoms with Gasteiger partial charge in [0.05, 0.1) is 21.8 Å². The van der Waals surface area contributed by atoms with E-state index in [1.54, 1.807) is 0 Å². The average molecular weight is 581 g/mol. The number of nitrogens with zero attached hydrogens (tertiary/aromatic N) is 5. The van der Waals surface area contributed by atoms with E-state index in [1.165, 1.54) is 42.7 Å². The summed E-state index contributed by atoms with van der Waals surface area (Å²) in [5.41, 5.74) is 2.94. The largest absolute Gasteiger partial charge is 0.421 e. The van der Waals surface area contributed by atoms with Crippen LogP contribution in [-0.4, -0.2) is 37.5 Å². The first-order chi connectivity index (χ1) is 18.5. The molecule has 0 amide bonds. The Hall–Kier alpha value is -4.43. The standard InChI is InChI=1S/C23H17Cl2F3N8O3/c24-12-3-4-13(15(25)10-12)19-17(35-9-1-2-14(21(35)37)23(26,27)28)11-32-22(34-19)31-8-7-30-18-6-5-16(36(38)39)20(29)33-18/h1-6,9-11H,7-8H2,(H3,29,30,33)(H,31,32,34). The Balaban J connectivity index is 1.63. The number of anilines is 3. The molecule has 4 aromatic rings. The number of benzene rings is 1. The Kier molecular flexibility index (Phi) is 7.88. The zero-order valence-corrected chi connectivity index (χ0v) is 21.1. The number of halogens is 5. The third-order valence-electron chi connectivity index (χ3n) is 5.28. The fourth-order valence-corrected chi connectivity index (χ4v) is 4.00. The van der Waals surface area contributed by atoms with E-state index < -0.39 is 22.2 Å². The number of nitrogens with two attached hydrogens (primary N) is 1. The molecular formula is C23H17Cl2F3N8O3. The molecule has 0 saturated heterocycles. The van der Waals surface area contributed by atoms with Crippen LogP contribution in [0.5, 0.6) is 0 Å². The lowest BCUT2D eigenvalue weighted by atomic mass is 10.1. The molecule has 0 fully saturated rings. The zero-order chi connectivity index (χ0) is 28.3. The SMILES string of the molecule is Nc1nc(NCCNc2ncc(-n3cccc(C(F)(F)F)c3=O)c(-c3ccc(Cl)cc3Cl)n2)ccc1[N+](=O)[O-]. The molecule has 0 atom stereocenters. The van der Waals surface area contributed by atoms with Gasteiger partial charge in [0.2, 0.25) is 11.8 Å². The molecular weight excluding hydrogens is 564 g/mol. The van der Waals surface area contributed by atoms with Crippen LogP contribution >= 0.6 is 23.2 Å². The van der Waals surface area contributed by atoms with Gasteiger partial charge in [-0.25, -0.2) is 15.0 Å². The second kappa shape index (κ2) is 11.1. The third kappa shape index (κ3) is 6.18. The Morgan fingerprint density at radius 1 is 1.08 bits per heavy atom. The topological polar surface area (TPSA) is 154 Å². The zero-order valence-electron chi connectivity index (χ0n) is 19.5. The van der Waals surface area contributed by atoms with Gasteiger partial charge in [0.1, 0.15) is 17.1 Å². The van der Waals surface area contributed by atoms with Gasteiger partial charge in [-0.1, -0.05) is 23.2 Å². The van der Waals surface area contributed by atoms with E-state index in [0.717, 1.165) is 10.6 Å². The van der Waals surface area contributed by atoms with Crippen molar-refractivity contribution in [2.45, 2.75) is 6.18 Å². The molecule has 11 nitrogen and oxygen atoms in total. The summed E-state index contributed by atoms with van der Waals surface area (Å²) in [5, 5.41) is 17.2. The van der Waals surface area contributed by atoms with Gasteiger partial charge in [0.25, 0.3) is 5.56 Å². The van der Waals surface area contributed by atoms with Crippen LogP contribution in [0.2, 0.25) is 10.0 Å². The van der Waals surface area contributed by atoms with E-state index >= 15 is 0 Å². The van der Waals surface area contributed by atoms with E-state index in [1.807, 2.05) is 0 Å². The molecule has 4 rings (SSSR count). The number of nitrogen functional groups attached to an aromatic ring is 1. The van der Waals surface area contributed by atoms with Crippen molar-refractivity contribution in [1.29, 1.82) is 0 Å². The van der Waals surface area contributed by atoms with Gasteiger partial charge in [0.15, 0.2) is 0 Å². The Labute approximate surface area is 227 Å². The van der Waals surface area contributed by atoms with Gasteiger partial charge in [-0.15, -0.1) is 0 Å². The van der Waals surface area contributed by atoms with Gasteiger partial charge in [-0.3, -0.25) is 19.5 Å². The Bertz CT molecular complexity index is 1610. The molecule has 0 radical (unpaired) electrons. The quantitative estimate of drug-likeness (QED) is 0.148. The van der Waals surface area contributed by atoms with Crippen LogP contribution in [0.15, 0.2) is 59.7 Å². The predicted octanol–water partition coefficient (Wildman–Crippen LogP) is 5.03. The van der Waals surface area contributed by atoms with Crippen LogP contribution in [0.1, 0.15) is 5.56 Å². The van der Waals surface area contributed by atoms with Crippen LogP contribution in [-0.2, 0) is 6.18 Å². The normalized spacial score (nSPS) is 11.3. The molecule has 0 aliphatic heterocycles. The minimum Gasteiger partial charge on any atom is -0.378 e. The first-order valence-electron chi connectivity index (χ1n) is 11.0. The van der Waals surface area contributed by atoms with Gasteiger partial charge in [0, 0.05) is 35.9 Å². The lowest BCUT2D eigenvalue weighted by Gasteiger charge is -2.16. The summed E-state index contributed by atoms with van der Waals surface area (Å²) >= 11 is 12.4. The molecule has 0 aliphatic rings. The molecule has 4 N–H and O–H groups in total. The summed E-state index contributed by atoms with van der Waals surface area (Å²) in [6.45, 7) is 0.495. The van der Waals surface area contributed by atoms with Crippen molar-refractivity contribution in [3.8, 4) is 16.9 Å². The molecule has 16 heteroatoms. The van der Waals surface area contributed by atoms with Crippen LogP contribution < -0.4 is 21.9 Å². The first-order valence-corrected chi connectivity index (χ1v) is 11.7. The maximum Gasteiger partial charge on any atom is 0.421 e. The Morgan fingerprint density at radius 3 is 2.49 bits per heavy atom. The minimum atomic E-state index is -4.86. The van der Waals surface area contributed by atoms with Gasteiger partial charge < -0.3 is 16.4 Å². The van der Waals surface area contributed by atoms with Crippen LogP contribution in [0.25, 0.3) is 16.9 Å². The summed E-state index contributed by atoms with van der Waals surface area (Å²) in [7, 11) is 0. The minimum absolute atomic E-state index is 0.0375. The van der Waals surface area contributed by atoms with Crippen LogP contribution in [0.3, 0.4) is 0 Å². The highest BCUT2D eigenvalue weighted by atomic mass is 35.5. The van der Waals surface area contributed by atoms with Crippen molar-refractivity contribution in [3.05, 3.63) is 90.9 Å². The van der Waals surface area contributed by atoms with Crippen molar-refractivity contribution >= 4 is 46.5 Å². The van der Waals surface area contributed by atoms with Crippen molar-refractivity contribution in [2.24, 2.45) is 0 Å². The molecule has 39 heavy (non-hydrogen) atoms. The number of nitro groups is 1. The lowest BCUT2D eigenvalue weighted by molar-refractivity contribution is -0.384. The predicted molar refractivity (Wildman–Crippen MR) is 140 cm³/mol. The molecule has 202 valence electrons. The molecule has 3 aromatic heterocycles. The highest BCUT2D eigenvalue weighted by Gasteiger charge is 2.34. The number of hydrogen-bond acceptors (Lipinski definition) is 9. The van der Waals surface area contributed by atoms with Crippen molar-refractivity contribution in [1.82, 2.24) is 19.5 Å². The lowest BCUT2D eigenvalue weighted by Crippen LogP contribution is -2.27. The molecule has 0 spiro atoms. The Morgan fingerprint density at radius 2 is 1.82 bits per heavy atom. The molecule has 0 aliphatic carbocycles. The summed E-state index contributed by atoms with van der Waals surface area (Å²) in [6.07, 6.45) is -2.50. The van der Waals surface area contributed by atoms with E-state index in [-0.39, 0.29) is 46.9 Å². The summed E-state index contributed by atoms with van der Waals surface area (Å²) in [6, 6.07) is 8.86. The van der Waals surface area contributed by atoms with E-state index in [4.69, 9.17) is 28.9 Å². The maximum atomic E-state index is 13.4. The van der Waals surface area contributed by atoms with E-state index in [2.05, 4.69) is 25.6 Å². The summed E-state index contributed by atoms with van der Waals surface area (Å²) in [4.78, 5) is 35.4. The smallest absolute Gasteiger partial charge is 0.378 e. The molecule has 1 aromatic carbocycles. The van der Waals surface area contributed by atoms with Crippen LogP contribution in [0.4, 0.5) is 36.4 Å². The highest BCUT2D eigenvalue weighted by Crippen LogP contribution is 2.33. The average Bonchev–Trinajstić information content (AvgIpc) is 2.86. The van der Waals surface area contributed by atoms with E-state index in [0.29, 0.717) is 22.5 Å². The summed E-state index contributed by atoms with van der Waals surface area (Å²) in [5.74, 6) is 0.137. The van der Waals surface area contributed by atoms with Gasteiger partial charge in [-0.2, -0.15) is 13.2 Å². The number of aromatic nitrogens is 4. The number of alkyl halides is 3. The third-order valence-corrected chi connectivity index (χ3v) is 5.83. The maximum absolute atomic E-state index is 13.4. The second-order valence-electron chi connectivity index (χ2n) is 7.86. The van der Waals surface area contributed by atoms with Crippen molar-refractivity contribution in [2.75, 3.05) is 29.5 Å². The molecule has 0 saturated carbocycles. The number of hydrogen-bond donors (Lipinski definition) is 3. The second-order valence-corrected chi connectivity index (χ2v) is 8.70.